The van der Waals surface area contributed by atoms with Crippen LogP contribution in [0.3, 0.4) is 0 Å². The van der Waals surface area contributed by atoms with Gasteiger partial charge in [-0.25, -0.2) is 4.39 Å². The Hall–Kier alpha value is -1.58. The molecule has 3 nitrogen and oxygen atoms in total. The first-order chi connectivity index (χ1) is 7.00. The summed E-state index contributed by atoms with van der Waals surface area (Å²) in [6.45, 7) is 0. The smallest absolute Gasteiger partial charge is 0.303 e. The van der Waals surface area contributed by atoms with Gasteiger partial charge in [0.25, 0.3) is 0 Å². The number of carboxylic acids is 1. The van der Waals surface area contributed by atoms with Crippen LogP contribution in [0.4, 0.5) is 10.1 Å². The van der Waals surface area contributed by atoms with Gasteiger partial charge in [-0.05, 0) is 24.1 Å². The number of hydrogen-bond donors (Lipinski definition) is 1. The molecule has 0 heterocycles. The minimum absolute atomic E-state index is 0.0680. The zero-order chi connectivity index (χ0) is 11.4. The molecule has 0 amide bonds. The molecule has 1 aromatic rings. The van der Waals surface area contributed by atoms with Crippen LogP contribution in [0.5, 0.6) is 0 Å². The summed E-state index contributed by atoms with van der Waals surface area (Å²) >= 11 is 0. The summed E-state index contributed by atoms with van der Waals surface area (Å²) < 4.78 is 13.3. The first-order valence-corrected chi connectivity index (χ1v) is 4.68. The molecule has 15 heavy (non-hydrogen) atoms. The second-order valence-electron chi connectivity index (χ2n) is 3.57. The minimum atomic E-state index is -0.842. The van der Waals surface area contributed by atoms with E-state index in [1.165, 1.54) is 6.07 Å². The van der Waals surface area contributed by atoms with Crippen molar-refractivity contribution in [2.45, 2.75) is 12.8 Å². The van der Waals surface area contributed by atoms with Crippen molar-refractivity contribution in [1.29, 1.82) is 0 Å². The highest BCUT2D eigenvalue weighted by atomic mass is 19.1. The van der Waals surface area contributed by atoms with Crippen molar-refractivity contribution in [3.8, 4) is 0 Å². The van der Waals surface area contributed by atoms with Crippen LogP contribution in [-0.4, -0.2) is 25.2 Å². The summed E-state index contributed by atoms with van der Waals surface area (Å²) in [5.74, 6) is -1.13. The van der Waals surface area contributed by atoms with Gasteiger partial charge in [0.05, 0.1) is 5.69 Å². The SMILES string of the molecule is CN(C)c1cc(CCC(=O)O)ccc1F. The van der Waals surface area contributed by atoms with Gasteiger partial charge in [-0.1, -0.05) is 6.07 Å². The molecule has 0 bridgehead atoms. The highest BCUT2D eigenvalue weighted by Gasteiger charge is 2.06. The fraction of sp³-hybridized carbons (Fsp3) is 0.364. The van der Waals surface area contributed by atoms with Gasteiger partial charge < -0.3 is 10.0 Å². The van der Waals surface area contributed by atoms with Gasteiger partial charge in [-0.2, -0.15) is 0 Å². The van der Waals surface area contributed by atoms with Crippen LogP contribution >= 0.6 is 0 Å². The standard InChI is InChI=1S/C11H14FNO2/c1-13(2)10-7-8(3-5-9(10)12)4-6-11(14)15/h3,5,7H,4,6H2,1-2H3,(H,14,15). The van der Waals surface area contributed by atoms with Crippen molar-refractivity contribution < 1.29 is 14.3 Å². The van der Waals surface area contributed by atoms with E-state index in [0.29, 0.717) is 12.1 Å². The lowest BCUT2D eigenvalue weighted by molar-refractivity contribution is -0.136. The molecule has 0 aromatic heterocycles. The zero-order valence-electron chi connectivity index (χ0n) is 8.83. The first kappa shape index (κ1) is 11.5. The van der Waals surface area contributed by atoms with Crippen molar-refractivity contribution in [1.82, 2.24) is 0 Å². The van der Waals surface area contributed by atoms with Gasteiger partial charge >= 0.3 is 5.97 Å². The topological polar surface area (TPSA) is 40.5 Å². The molecule has 0 aliphatic carbocycles. The predicted molar refractivity (Wildman–Crippen MR) is 56.7 cm³/mol. The Morgan fingerprint density at radius 2 is 2.13 bits per heavy atom. The molecule has 0 unspecified atom stereocenters. The number of carbonyl (C=O) groups is 1. The van der Waals surface area contributed by atoms with Crippen molar-refractivity contribution in [2.75, 3.05) is 19.0 Å². The van der Waals surface area contributed by atoms with E-state index in [-0.39, 0.29) is 12.2 Å². The molecule has 0 aliphatic rings. The number of rotatable bonds is 4. The van der Waals surface area contributed by atoms with Gasteiger partial charge in [0, 0.05) is 20.5 Å². The molecular weight excluding hydrogens is 197 g/mol. The maximum atomic E-state index is 13.3. The third kappa shape index (κ3) is 3.23. The van der Waals surface area contributed by atoms with Gasteiger partial charge in [0.2, 0.25) is 0 Å². The van der Waals surface area contributed by atoms with Gasteiger partial charge in [0.1, 0.15) is 5.82 Å². The number of aliphatic carboxylic acids is 1. The van der Waals surface area contributed by atoms with Crippen LogP contribution in [0.25, 0.3) is 0 Å². The Bertz CT molecular complexity index is 364. The predicted octanol–water partition coefficient (Wildman–Crippen LogP) is 1.91. The largest absolute Gasteiger partial charge is 0.481 e. The average Bonchev–Trinajstić information content (AvgIpc) is 2.16. The van der Waals surface area contributed by atoms with Gasteiger partial charge in [-0.15, -0.1) is 0 Å². The van der Waals surface area contributed by atoms with E-state index in [1.54, 1.807) is 31.1 Å². The fourth-order valence-electron chi connectivity index (χ4n) is 1.31. The van der Waals surface area contributed by atoms with E-state index in [0.717, 1.165) is 5.56 Å². The molecule has 82 valence electrons. The lowest BCUT2D eigenvalue weighted by Gasteiger charge is -2.14. The third-order valence-corrected chi connectivity index (χ3v) is 2.12. The van der Waals surface area contributed by atoms with Crippen LogP contribution in [0.1, 0.15) is 12.0 Å². The fourth-order valence-corrected chi connectivity index (χ4v) is 1.31. The van der Waals surface area contributed by atoms with Crippen molar-refractivity contribution in [3.05, 3.63) is 29.6 Å². The molecule has 0 aliphatic heterocycles. The van der Waals surface area contributed by atoms with Crippen LogP contribution in [-0.2, 0) is 11.2 Å². The summed E-state index contributed by atoms with van der Waals surface area (Å²) in [6, 6.07) is 4.66. The summed E-state index contributed by atoms with van der Waals surface area (Å²) in [5.41, 5.74) is 1.32. The van der Waals surface area contributed by atoms with Crippen molar-refractivity contribution >= 4 is 11.7 Å². The van der Waals surface area contributed by atoms with E-state index in [1.807, 2.05) is 0 Å². The minimum Gasteiger partial charge on any atom is -0.481 e. The number of benzene rings is 1. The number of hydrogen-bond acceptors (Lipinski definition) is 2. The Labute approximate surface area is 88.1 Å². The first-order valence-electron chi connectivity index (χ1n) is 4.68. The normalized spacial score (nSPS) is 10.1. The monoisotopic (exact) mass is 211 g/mol. The number of anilines is 1. The van der Waals surface area contributed by atoms with Crippen LogP contribution < -0.4 is 4.90 Å². The summed E-state index contributed by atoms with van der Waals surface area (Å²) in [7, 11) is 3.50. The van der Waals surface area contributed by atoms with Gasteiger partial charge in [0.15, 0.2) is 0 Å². The Morgan fingerprint density at radius 3 is 2.67 bits per heavy atom. The molecule has 0 atom stereocenters. The molecule has 1 rings (SSSR count). The summed E-state index contributed by atoms with van der Waals surface area (Å²) in [4.78, 5) is 12.0. The second-order valence-corrected chi connectivity index (χ2v) is 3.57. The van der Waals surface area contributed by atoms with E-state index < -0.39 is 5.97 Å². The lowest BCUT2D eigenvalue weighted by atomic mass is 10.1. The molecule has 0 saturated heterocycles. The molecule has 0 saturated carbocycles. The van der Waals surface area contributed by atoms with E-state index in [4.69, 9.17) is 5.11 Å². The number of halogens is 1. The third-order valence-electron chi connectivity index (χ3n) is 2.12. The molecular formula is C11H14FNO2. The number of nitrogens with zero attached hydrogens (tertiary/aromatic N) is 1. The quantitative estimate of drug-likeness (QED) is 0.827. The summed E-state index contributed by atoms with van der Waals surface area (Å²) in [6.07, 6.45) is 0.495. The Morgan fingerprint density at radius 1 is 1.47 bits per heavy atom. The maximum Gasteiger partial charge on any atom is 0.303 e. The molecule has 4 heteroatoms. The maximum absolute atomic E-state index is 13.3. The second kappa shape index (κ2) is 4.77. The van der Waals surface area contributed by atoms with Gasteiger partial charge in [-0.3, -0.25) is 4.79 Å². The van der Waals surface area contributed by atoms with Crippen molar-refractivity contribution in [2.24, 2.45) is 0 Å². The highest BCUT2D eigenvalue weighted by Crippen LogP contribution is 2.19. The Kier molecular flexibility index (Phi) is 3.66. The molecule has 0 fully saturated rings. The Balaban J connectivity index is 2.83. The molecule has 1 aromatic carbocycles. The lowest BCUT2D eigenvalue weighted by Crippen LogP contribution is -2.11. The number of aryl methyl sites for hydroxylation is 1. The molecule has 0 radical (unpaired) electrons. The van der Waals surface area contributed by atoms with E-state index >= 15 is 0 Å². The molecule has 0 spiro atoms. The number of carboxylic acid groups (broad SMARTS) is 1. The zero-order valence-corrected chi connectivity index (χ0v) is 8.83. The van der Waals surface area contributed by atoms with Crippen molar-refractivity contribution in [3.63, 3.8) is 0 Å². The van der Waals surface area contributed by atoms with E-state index in [9.17, 15) is 9.18 Å². The van der Waals surface area contributed by atoms with Crippen LogP contribution in [0, 0.1) is 5.82 Å². The average molecular weight is 211 g/mol. The summed E-state index contributed by atoms with van der Waals surface area (Å²) in [5, 5.41) is 8.52. The van der Waals surface area contributed by atoms with E-state index in [2.05, 4.69) is 0 Å². The van der Waals surface area contributed by atoms with Crippen LogP contribution in [0.2, 0.25) is 0 Å². The van der Waals surface area contributed by atoms with Crippen LogP contribution in [0.15, 0.2) is 18.2 Å². The highest BCUT2D eigenvalue weighted by molar-refractivity contribution is 5.67. The molecule has 1 N–H and O–H groups in total.